The van der Waals surface area contributed by atoms with Crippen LogP contribution in [0, 0.1) is 11.7 Å². The Morgan fingerprint density at radius 2 is 2.11 bits per heavy atom. The Kier molecular flexibility index (Phi) is 4.29. The van der Waals surface area contributed by atoms with E-state index in [1.165, 1.54) is 6.07 Å². The highest BCUT2D eigenvalue weighted by molar-refractivity contribution is 5.31. The van der Waals surface area contributed by atoms with Crippen molar-refractivity contribution in [2.45, 2.75) is 19.0 Å². The second kappa shape index (κ2) is 5.77. The van der Waals surface area contributed by atoms with Gasteiger partial charge in [0.05, 0.1) is 12.2 Å². The van der Waals surface area contributed by atoms with Crippen LogP contribution in [0.1, 0.15) is 18.4 Å². The Morgan fingerprint density at radius 1 is 1.32 bits per heavy atom. The first-order valence-electron chi connectivity index (χ1n) is 6.17. The lowest BCUT2D eigenvalue weighted by Crippen LogP contribution is -2.33. The molecular weight excluding hydrogens is 262 g/mol. The van der Waals surface area contributed by atoms with E-state index in [-0.39, 0.29) is 11.7 Å². The van der Waals surface area contributed by atoms with Gasteiger partial charge in [-0.1, -0.05) is 0 Å². The first kappa shape index (κ1) is 14.1. The predicted molar refractivity (Wildman–Crippen MR) is 62.5 cm³/mol. The smallest absolute Gasteiger partial charge is 0.419 e. The van der Waals surface area contributed by atoms with E-state index in [1.807, 2.05) is 0 Å². The molecule has 0 radical (unpaired) electrons. The predicted octanol–water partition coefficient (Wildman–Crippen LogP) is 3.22. The van der Waals surface area contributed by atoms with Crippen LogP contribution in [0.2, 0.25) is 0 Å². The highest BCUT2D eigenvalue weighted by Crippen LogP contribution is 2.33. The van der Waals surface area contributed by atoms with Crippen LogP contribution in [-0.4, -0.2) is 19.7 Å². The molecule has 1 aliphatic heterocycles. The number of hydrogen-bond acceptors (Lipinski definition) is 2. The summed E-state index contributed by atoms with van der Waals surface area (Å²) in [6, 6.07) is 2.73. The van der Waals surface area contributed by atoms with Gasteiger partial charge in [-0.3, -0.25) is 0 Å². The Bertz CT molecular complexity index is 427. The van der Waals surface area contributed by atoms with E-state index in [0.717, 1.165) is 32.0 Å². The zero-order chi connectivity index (χ0) is 13.9. The minimum Gasteiger partial charge on any atom is -0.493 e. The summed E-state index contributed by atoms with van der Waals surface area (Å²) < 4.78 is 56.0. The molecule has 1 atom stereocenters. The highest BCUT2D eigenvalue weighted by atomic mass is 19.4. The number of piperidine rings is 1. The van der Waals surface area contributed by atoms with E-state index >= 15 is 0 Å². The van der Waals surface area contributed by atoms with Crippen molar-refractivity contribution in [1.29, 1.82) is 0 Å². The van der Waals surface area contributed by atoms with Crippen molar-refractivity contribution in [2.75, 3.05) is 19.7 Å². The third-order valence-electron chi connectivity index (χ3n) is 3.13. The molecule has 1 heterocycles. The quantitative estimate of drug-likeness (QED) is 0.856. The van der Waals surface area contributed by atoms with Crippen LogP contribution in [0.4, 0.5) is 17.6 Å². The largest absolute Gasteiger partial charge is 0.493 e. The van der Waals surface area contributed by atoms with Crippen molar-refractivity contribution < 1.29 is 22.3 Å². The van der Waals surface area contributed by atoms with Gasteiger partial charge in [-0.05, 0) is 37.6 Å². The van der Waals surface area contributed by atoms with Crippen molar-refractivity contribution >= 4 is 0 Å². The molecular formula is C13H15F4NO. The molecule has 1 N–H and O–H groups in total. The van der Waals surface area contributed by atoms with E-state index < -0.39 is 17.6 Å². The van der Waals surface area contributed by atoms with E-state index in [0.29, 0.717) is 12.7 Å². The summed E-state index contributed by atoms with van der Waals surface area (Å²) in [5.74, 6) is -0.938. The number of halogens is 4. The van der Waals surface area contributed by atoms with Gasteiger partial charge in [0, 0.05) is 12.5 Å². The Balaban J connectivity index is 2.00. The lowest BCUT2D eigenvalue weighted by molar-refractivity contribution is -0.140. The fourth-order valence-corrected chi connectivity index (χ4v) is 2.09. The van der Waals surface area contributed by atoms with Gasteiger partial charge < -0.3 is 10.1 Å². The fourth-order valence-electron chi connectivity index (χ4n) is 2.09. The van der Waals surface area contributed by atoms with Crippen LogP contribution in [0.5, 0.6) is 5.75 Å². The third-order valence-corrected chi connectivity index (χ3v) is 3.13. The lowest BCUT2D eigenvalue weighted by Gasteiger charge is -2.23. The minimum absolute atomic E-state index is 0.0549. The normalized spacial score (nSPS) is 20.3. The molecule has 0 aliphatic carbocycles. The number of nitrogens with one attached hydrogen (secondary N) is 1. The van der Waals surface area contributed by atoms with Gasteiger partial charge in [-0.2, -0.15) is 13.2 Å². The van der Waals surface area contributed by atoms with Crippen molar-refractivity contribution in [2.24, 2.45) is 5.92 Å². The zero-order valence-corrected chi connectivity index (χ0v) is 10.3. The van der Waals surface area contributed by atoms with Crippen LogP contribution >= 0.6 is 0 Å². The number of ether oxygens (including phenoxy) is 1. The molecule has 6 heteroatoms. The second-order valence-corrected chi connectivity index (χ2v) is 4.66. The van der Waals surface area contributed by atoms with Crippen LogP contribution in [0.3, 0.4) is 0 Å². The molecule has 0 amide bonds. The molecule has 1 aromatic carbocycles. The van der Waals surface area contributed by atoms with Gasteiger partial charge in [0.2, 0.25) is 0 Å². The molecule has 0 aromatic heterocycles. The van der Waals surface area contributed by atoms with E-state index in [9.17, 15) is 17.6 Å². The van der Waals surface area contributed by atoms with Crippen molar-refractivity contribution in [3.05, 3.63) is 29.6 Å². The standard InChI is InChI=1S/C13H15F4NO/c14-12-4-3-10(6-11(12)13(15,16)17)19-8-9-2-1-5-18-7-9/h3-4,6,9,18H,1-2,5,7-8H2. The maximum Gasteiger partial charge on any atom is 0.419 e. The van der Waals surface area contributed by atoms with Gasteiger partial charge in [-0.25, -0.2) is 4.39 Å². The zero-order valence-electron chi connectivity index (χ0n) is 10.3. The average molecular weight is 277 g/mol. The van der Waals surface area contributed by atoms with Gasteiger partial charge in [0.1, 0.15) is 11.6 Å². The second-order valence-electron chi connectivity index (χ2n) is 4.66. The fraction of sp³-hybridized carbons (Fsp3) is 0.538. The topological polar surface area (TPSA) is 21.3 Å². The molecule has 1 aromatic rings. The first-order valence-corrected chi connectivity index (χ1v) is 6.17. The molecule has 0 bridgehead atoms. The van der Waals surface area contributed by atoms with Crippen molar-refractivity contribution in [3.63, 3.8) is 0 Å². The Hall–Kier alpha value is -1.30. The third kappa shape index (κ3) is 3.83. The summed E-state index contributed by atoms with van der Waals surface area (Å²) in [7, 11) is 0. The molecule has 2 rings (SSSR count). The van der Waals surface area contributed by atoms with Crippen LogP contribution in [0.15, 0.2) is 18.2 Å². The average Bonchev–Trinajstić information content (AvgIpc) is 2.37. The molecule has 1 unspecified atom stereocenters. The highest BCUT2D eigenvalue weighted by Gasteiger charge is 2.34. The molecule has 1 saturated heterocycles. The first-order chi connectivity index (χ1) is 8.97. The summed E-state index contributed by atoms with van der Waals surface area (Å²) in [6.45, 7) is 2.11. The SMILES string of the molecule is Fc1ccc(OCC2CCCNC2)cc1C(F)(F)F. The molecule has 19 heavy (non-hydrogen) atoms. The summed E-state index contributed by atoms with van der Waals surface area (Å²) in [5, 5.41) is 3.20. The van der Waals surface area contributed by atoms with Gasteiger partial charge in [-0.15, -0.1) is 0 Å². The van der Waals surface area contributed by atoms with E-state index in [4.69, 9.17) is 4.74 Å². The number of alkyl halides is 3. The molecule has 106 valence electrons. The van der Waals surface area contributed by atoms with Crippen LogP contribution < -0.4 is 10.1 Å². The van der Waals surface area contributed by atoms with E-state index in [1.54, 1.807) is 0 Å². The van der Waals surface area contributed by atoms with Gasteiger partial charge in [0.15, 0.2) is 0 Å². The summed E-state index contributed by atoms with van der Waals surface area (Å²) in [4.78, 5) is 0. The van der Waals surface area contributed by atoms with Gasteiger partial charge >= 0.3 is 6.18 Å². The summed E-state index contributed by atoms with van der Waals surface area (Å²) in [5.41, 5.74) is -1.29. The van der Waals surface area contributed by atoms with Crippen LogP contribution in [-0.2, 0) is 6.18 Å². The number of rotatable bonds is 3. The Morgan fingerprint density at radius 3 is 2.74 bits per heavy atom. The van der Waals surface area contributed by atoms with Crippen LogP contribution in [0.25, 0.3) is 0 Å². The molecule has 1 aliphatic rings. The molecule has 1 fully saturated rings. The monoisotopic (exact) mass is 277 g/mol. The maximum absolute atomic E-state index is 13.1. The van der Waals surface area contributed by atoms with Gasteiger partial charge in [0.25, 0.3) is 0 Å². The number of hydrogen-bond donors (Lipinski definition) is 1. The Labute approximate surface area is 108 Å². The summed E-state index contributed by atoms with van der Waals surface area (Å²) in [6.07, 6.45) is -2.68. The maximum atomic E-state index is 13.1. The lowest BCUT2D eigenvalue weighted by atomic mass is 10.0. The molecule has 0 spiro atoms. The number of benzene rings is 1. The van der Waals surface area contributed by atoms with Crippen molar-refractivity contribution in [3.8, 4) is 5.75 Å². The minimum atomic E-state index is -4.70. The summed E-state index contributed by atoms with van der Waals surface area (Å²) >= 11 is 0. The van der Waals surface area contributed by atoms with Crippen molar-refractivity contribution in [1.82, 2.24) is 5.32 Å². The molecule has 0 saturated carbocycles. The molecule has 2 nitrogen and oxygen atoms in total. The van der Waals surface area contributed by atoms with E-state index in [2.05, 4.69) is 5.32 Å².